The molecule has 1 N–H and O–H groups in total. The summed E-state index contributed by atoms with van der Waals surface area (Å²) in [6.07, 6.45) is 0.785. The van der Waals surface area contributed by atoms with Gasteiger partial charge in [0, 0.05) is 32.2 Å². The molecule has 27 heavy (non-hydrogen) atoms. The topological polar surface area (TPSA) is 93.3 Å². The van der Waals surface area contributed by atoms with Crippen molar-refractivity contribution < 1.29 is 9.32 Å². The minimum atomic E-state index is -0.191. The van der Waals surface area contributed by atoms with E-state index in [0.29, 0.717) is 30.4 Å². The highest BCUT2D eigenvalue weighted by molar-refractivity contribution is 5.80. The minimum absolute atomic E-state index is 0.0606. The van der Waals surface area contributed by atoms with Crippen LogP contribution in [-0.2, 0) is 13.6 Å². The second-order valence-electron chi connectivity index (χ2n) is 6.86. The van der Waals surface area contributed by atoms with Crippen molar-refractivity contribution in [3.05, 3.63) is 58.0 Å². The number of carbonyl (C=O) groups excluding carboxylic acids is 1. The lowest BCUT2D eigenvalue weighted by Gasteiger charge is -2.17. The van der Waals surface area contributed by atoms with Crippen molar-refractivity contribution in [2.75, 3.05) is 13.1 Å². The molecular weight excluding hydrogens is 346 g/mol. The first-order valence-electron chi connectivity index (χ1n) is 8.93. The third kappa shape index (κ3) is 3.30. The monoisotopic (exact) mass is 367 g/mol. The molecule has 1 fully saturated rings. The number of likely N-dealkylation sites (tertiary alicyclic amines) is 1. The number of pyridine rings is 1. The van der Waals surface area contributed by atoms with Crippen LogP contribution in [0.3, 0.4) is 0 Å². The van der Waals surface area contributed by atoms with Gasteiger partial charge in [-0.25, -0.2) is 4.79 Å². The van der Waals surface area contributed by atoms with Crippen molar-refractivity contribution in [3.63, 3.8) is 0 Å². The molecule has 0 spiro atoms. The Hall–Kier alpha value is -3.16. The second kappa shape index (κ2) is 6.86. The van der Waals surface area contributed by atoms with Crippen molar-refractivity contribution in [2.24, 2.45) is 7.05 Å². The summed E-state index contributed by atoms with van der Waals surface area (Å²) in [6, 6.07) is 9.34. The second-order valence-corrected chi connectivity index (χ2v) is 6.86. The Morgan fingerprint density at radius 1 is 1.37 bits per heavy atom. The number of benzene rings is 1. The van der Waals surface area contributed by atoms with Crippen molar-refractivity contribution in [1.29, 1.82) is 0 Å². The van der Waals surface area contributed by atoms with Crippen molar-refractivity contribution in [1.82, 2.24) is 24.9 Å². The van der Waals surface area contributed by atoms with Crippen molar-refractivity contribution in [2.45, 2.75) is 25.8 Å². The van der Waals surface area contributed by atoms with Crippen LogP contribution in [0.15, 0.2) is 39.6 Å². The summed E-state index contributed by atoms with van der Waals surface area (Å²) in [5.41, 5.74) is 1.33. The number of para-hydroxylation sites is 1. The molecule has 0 radical (unpaired) electrons. The van der Waals surface area contributed by atoms with E-state index in [1.54, 1.807) is 23.4 Å². The quantitative estimate of drug-likeness (QED) is 0.763. The molecule has 3 aromatic rings. The molecule has 140 valence electrons. The summed E-state index contributed by atoms with van der Waals surface area (Å²) in [7, 11) is 1.74. The molecule has 3 heterocycles. The molecule has 8 heteroatoms. The molecule has 1 aliphatic rings. The smallest absolute Gasteiger partial charge is 0.317 e. The zero-order valence-electron chi connectivity index (χ0n) is 15.3. The lowest BCUT2D eigenvalue weighted by molar-refractivity contribution is 0.207. The van der Waals surface area contributed by atoms with Gasteiger partial charge in [-0.2, -0.15) is 4.98 Å². The van der Waals surface area contributed by atoms with Crippen LogP contribution in [0.4, 0.5) is 4.79 Å². The summed E-state index contributed by atoms with van der Waals surface area (Å²) >= 11 is 0. The Bertz CT molecular complexity index is 1050. The number of rotatable bonds is 3. The van der Waals surface area contributed by atoms with E-state index in [9.17, 15) is 9.59 Å². The predicted octanol–water partition coefficient (Wildman–Crippen LogP) is 1.93. The highest BCUT2D eigenvalue weighted by atomic mass is 16.5. The van der Waals surface area contributed by atoms with Gasteiger partial charge in [-0.05, 0) is 30.9 Å². The van der Waals surface area contributed by atoms with Gasteiger partial charge in [0.1, 0.15) is 0 Å². The normalized spacial score (nSPS) is 16.8. The van der Waals surface area contributed by atoms with Gasteiger partial charge in [-0.15, -0.1) is 0 Å². The van der Waals surface area contributed by atoms with Gasteiger partial charge in [0.25, 0.3) is 5.56 Å². The van der Waals surface area contributed by atoms with Crippen LogP contribution in [-0.4, -0.2) is 38.7 Å². The molecule has 1 saturated heterocycles. The first-order chi connectivity index (χ1) is 13.0. The fourth-order valence-electron chi connectivity index (χ4n) is 3.52. The summed E-state index contributed by atoms with van der Waals surface area (Å²) in [6.45, 7) is 3.12. The lowest BCUT2D eigenvalue weighted by atomic mass is 10.1. The summed E-state index contributed by atoms with van der Waals surface area (Å²) in [4.78, 5) is 31.0. The predicted molar refractivity (Wildman–Crippen MR) is 99.4 cm³/mol. The van der Waals surface area contributed by atoms with Crippen LogP contribution in [0, 0.1) is 6.92 Å². The molecule has 8 nitrogen and oxygen atoms in total. The fourth-order valence-corrected chi connectivity index (χ4v) is 3.52. The number of urea groups is 1. The van der Waals surface area contributed by atoms with Gasteiger partial charge < -0.3 is 19.3 Å². The zero-order chi connectivity index (χ0) is 19.0. The van der Waals surface area contributed by atoms with Crippen molar-refractivity contribution in [3.8, 4) is 0 Å². The fraction of sp³-hybridized carbons (Fsp3) is 0.368. The maximum absolute atomic E-state index is 12.5. The van der Waals surface area contributed by atoms with Crippen LogP contribution in [0.5, 0.6) is 0 Å². The number of aryl methyl sites for hydroxylation is 2. The standard InChI is InChI=1S/C19H21N5O3/c1-12-21-17(27-22-12)14-7-8-24(11-14)19(26)20-10-15-9-13-5-3-4-6-16(13)23(2)18(15)25/h3-6,9,14H,7-8,10-11H2,1-2H3,(H,20,26). The maximum Gasteiger partial charge on any atom is 0.317 e. The highest BCUT2D eigenvalue weighted by Gasteiger charge is 2.30. The minimum Gasteiger partial charge on any atom is -0.339 e. The molecule has 1 aliphatic heterocycles. The van der Waals surface area contributed by atoms with Crippen LogP contribution in [0.1, 0.15) is 29.6 Å². The van der Waals surface area contributed by atoms with Gasteiger partial charge in [0.2, 0.25) is 5.89 Å². The molecule has 1 atom stereocenters. The SMILES string of the molecule is Cc1noc(C2CCN(C(=O)NCc3cc4ccccc4n(C)c3=O)C2)n1. The van der Waals surface area contributed by atoms with Gasteiger partial charge in [-0.3, -0.25) is 4.79 Å². The Labute approximate surface area is 155 Å². The first-order valence-corrected chi connectivity index (χ1v) is 8.93. The largest absolute Gasteiger partial charge is 0.339 e. The molecule has 2 amide bonds. The van der Waals surface area contributed by atoms with E-state index in [2.05, 4.69) is 15.5 Å². The molecule has 0 saturated carbocycles. The number of hydrogen-bond donors (Lipinski definition) is 1. The van der Waals surface area contributed by atoms with E-state index in [0.717, 1.165) is 17.3 Å². The molecule has 1 aromatic carbocycles. The summed E-state index contributed by atoms with van der Waals surface area (Å²) in [5, 5.41) is 7.63. The maximum atomic E-state index is 12.5. The number of nitrogens with one attached hydrogen (secondary N) is 1. The third-order valence-corrected chi connectivity index (χ3v) is 5.01. The van der Waals surface area contributed by atoms with Crippen molar-refractivity contribution >= 4 is 16.9 Å². The van der Waals surface area contributed by atoms with E-state index in [1.807, 2.05) is 30.3 Å². The average molecular weight is 367 g/mol. The molecular formula is C19H21N5O3. The van der Waals surface area contributed by atoms with Gasteiger partial charge in [0.15, 0.2) is 5.82 Å². The number of aromatic nitrogens is 3. The van der Waals surface area contributed by atoms with E-state index in [4.69, 9.17) is 4.52 Å². The van der Waals surface area contributed by atoms with Gasteiger partial charge in [-0.1, -0.05) is 23.4 Å². The van der Waals surface area contributed by atoms with Crippen LogP contribution in [0.2, 0.25) is 0 Å². The van der Waals surface area contributed by atoms with Gasteiger partial charge >= 0.3 is 6.03 Å². The lowest BCUT2D eigenvalue weighted by Crippen LogP contribution is -2.39. The van der Waals surface area contributed by atoms with E-state index < -0.39 is 0 Å². The number of carbonyl (C=O) groups is 1. The first kappa shape index (κ1) is 17.3. The van der Waals surface area contributed by atoms with E-state index >= 15 is 0 Å². The number of hydrogen-bond acceptors (Lipinski definition) is 5. The zero-order valence-corrected chi connectivity index (χ0v) is 15.3. The van der Waals surface area contributed by atoms with E-state index in [1.165, 1.54) is 0 Å². The molecule has 2 aromatic heterocycles. The third-order valence-electron chi connectivity index (χ3n) is 5.01. The Morgan fingerprint density at radius 3 is 2.96 bits per heavy atom. The average Bonchev–Trinajstić information content (AvgIpc) is 3.32. The van der Waals surface area contributed by atoms with E-state index in [-0.39, 0.29) is 24.1 Å². The molecule has 0 bridgehead atoms. The highest BCUT2D eigenvalue weighted by Crippen LogP contribution is 2.25. The number of nitrogens with zero attached hydrogens (tertiary/aromatic N) is 4. The summed E-state index contributed by atoms with van der Waals surface area (Å²) < 4.78 is 6.82. The Kier molecular flexibility index (Phi) is 4.39. The molecule has 1 unspecified atom stereocenters. The molecule has 0 aliphatic carbocycles. The summed E-state index contributed by atoms with van der Waals surface area (Å²) in [5.74, 6) is 1.23. The number of fused-ring (bicyclic) bond motifs is 1. The molecule has 4 rings (SSSR count). The van der Waals surface area contributed by atoms with Crippen LogP contribution < -0.4 is 10.9 Å². The Balaban J connectivity index is 1.43. The number of amides is 2. The van der Waals surface area contributed by atoms with Crippen LogP contribution >= 0.6 is 0 Å². The van der Waals surface area contributed by atoms with Crippen LogP contribution in [0.25, 0.3) is 10.9 Å². The Morgan fingerprint density at radius 2 is 2.19 bits per heavy atom. The van der Waals surface area contributed by atoms with Gasteiger partial charge in [0.05, 0.1) is 11.4 Å².